The Morgan fingerprint density at radius 3 is 2.42 bits per heavy atom. The lowest BCUT2D eigenvalue weighted by Gasteiger charge is -2.10. The average molecular weight is 187 g/mol. The number of carbonyl (C=O) groups is 1. The zero-order valence-corrected chi connectivity index (χ0v) is 8.62. The van der Waals surface area contributed by atoms with E-state index in [0.29, 0.717) is 0 Å². The summed E-state index contributed by atoms with van der Waals surface area (Å²) in [4.78, 5) is 11.6. The largest absolute Gasteiger partial charge is 0.369 e. The maximum Gasteiger partial charge on any atom is 0.225 e. The molecule has 0 aliphatic heterocycles. The molecule has 0 bridgehead atoms. The van der Waals surface area contributed by atoms with E-state index in [2.05, 4.69) is 6.92 Å². The summed E-state index contributed by atoms with van der Waals surface area (Å²) in [5.41, 5.74) is 5.19. The molecule has 3 heteroatoms. The lowest BCUT2D eigenvalue weighted by Crippen LogP contribution is -2.27. The van der Waals surface area contributed by atoms with Gasteiger partial charge in [0.25, 0.3) is 0 Å². The van der Waals surface area contributed by atoms with Crippen molar-refractivity contribution in [3.63, 3.8) is 0 Å². The van der Waals surface area contributed by atoms with Crippen molar-refractivity contribution in [2.75, 3.05) is 0 Å². The van der Waals surface area contributed by atoms with Gasteiger partial charge in [-0.15, -0.1) is 0 Å². The summed E-state index contributed by atoms with van der Waals surface area (Å²) in [6, 6.07) is 0. The Bertz CT molecular complexity index is 154. The highest BCUT2D eigenvalue weighted by Crippen LogP contribution is 2.11. The molecule has 0 radical (unpaired) electrons. The van der Waals surface area contributed by atoms with Crippen molar-refractivity contribution in [2.45, 2.75) is 39.5 Å². The normalized spacial score (nSPS) is 12.5. The van der Waals surface area contributed by atoms with Gasteiger partial charge in [0.1, 0.15) is 0 Å². The zero-order chi connectivity index (χ0) is 9.56. The highest BCUT2D eigenvalue weighted by molar-refractivity contribution is 7.80. The highest BCUT2D eigenvalue weighted by Gasteiger charge is 2.15. The number of primary amides is 1. The molecule has 1 atom stereocenters. The second kappa shape index (κ2) is 6.12. The molecule has 0 rings (SSSR count). The van der Waals surface area contributed by atoms with Gasteiger partial charge in [0.05, 0.1) is 5.92 Å². The summed E-state index contributed by atoms with van der Waals surface area (Å²) in [5, 5.41) is 0. The van der Waals surface area contributed by atoms with Gasteiger partial charge in [0.2, 0.25) is 5.91 Å². The fourth-order valence-electron chi connectivity index (χ4n) is 1.14. The Morgan fingerprint density at radius 2 is 2.08 bits per heavy atom. The van der Waals surface area contributed by atoms with Crippen LogP contribution in [0.25, 0.3) is 0 Å². The molecule has 0 saturated heterocycles. The van der Waals surface area contributed by atoms with E-state index in [-0.39, 0.29) is 11.8 Å². The summed E-state index contributed by atoms with van der Waals surface area (Å²) in [7, 11) is 0. The van der Waals surface area contributed by atoms with E-state index in [1.165, 1.54) is 0 Å². The lowest BCUT2D eigenvalue weighted by molar-refractivity contribution is -0.120. The van der Waals surface area contributed by atoms with Crippen LogP contribution < -0.4 is 5.73 Å². The number of nitrogens with two attached hydrogens (primary N) is 1. The first-order chi connectivity index (χ1) is 5.59. The smallest absolute Gasteiger partial charge is 0.225 e. The molecule has 1 amide bonds. The zero-order valence-electron chi connectivity index (χ0n) is 7.80. The number of carbonyl (C=O) groups excluding carboxylic acids is 1. The molecular weight excluding hydrogens is 170 g/mol. The van der Waals surface area contributed by atoms with Gasteiger partial charge in [-0.3, -0.25) is 4.79 Å². The SMILES string of the molecule is CCCCCC(C(N)=O)C(C)=S. The molecule has 0 aliphatic rings. The van der Waals surface area contributed by atoms with Crippen LogP contribution in [0.3, 0.4) is 0 Å². The van der Waals surface area contributed by atoms with Crippen LogP contribution in [-0.4, -0.2) is 10.8 Å². The van der Waals surface area contributed by atoms with Gasteiger partial charge in [-0.1, -0.05) is 38.4 Å². The fraction of sp³-hybridized carbons (Fsp3) is 0.778. The molecule has 0 aromatic heterocycles. The Labute approximate surface area is 79.5 Å². The molecule has 0 fully saturated rings. The first kappa shape index (κ1) is 11.6. The molecule has 0 saturated carbocycles. The Morgan fingerprint density at radius 1 is 1.50 bits per heavy atom. The molecule has 0 aromatic carbocycles. The summed E-state index contributed by atoms with van der Waals surface area (Å²) in [6.07, 6.45) is 4.16. The molecule has 2 nitrogen and oxygen atoms in total. The Hall–Kier alpha value is -0.440. The number of rotatable bonds is 6. The van der Waals surface area contributed by atoms with E-state index >= 15 is 0 Å². The van der Waals surface area contributed by atoms with E-state index in [4.69, 9.17) is 18.0 Å². The van der Waals surface area contributed by atoms with E-state index < -0.39 is 0 Å². The predicted molar refractivity (Wildman–Crippen MR) is 55.1 cm³/mol. The quantitative estimate of drug-likeness (QED) is 0.511. The van der Waals surface area contributed by atoms with Crippen molar-refractivity contribution in [1.82, 2.24) is 0 Å². The minimum Gasteiger partial charge on any atom is -0.369 e. The monoisotopic (exact) mass is 187 g/mol. The van der Waals surface area contributed by atoms with Crippen molar-refractivity contribution in [2.24, 2.45) is 11.7 Å². The van der Waals surface area contributed by atoms with Gasteiger partial charge in [-0.2, -0.15) is 0 Å². The van der Waals surface area contributed by atoms with Crippen LogP contribution in [0.5, 0.6) is 0 Å². The summed E-state index contributed by atoms with van der Waals surface area (Å²) in [5.74, 6) is -0.467. The van der Waals surface area contributed by atoms with Crippen molar-refractivity contribution >= 4 is 23.0 Å². The lowest BCUT2D eigenvalue weighted by atomic mass is 9.98. The van der Waals surface area contributed by atoms with Crippen molar-refractivity contribution in [3.8, 4) is 0 Å². The summed E-state index contributed by atoms with van der Waals surface area (Å²) < 4.78 is 0. The van der Waals surface area contributed by atoms with Gasteiger partial charge >= 0.3 is 0 Å². The van der Waals surface area contributed by atoms with Crippen LogP contribution in [0.4, 0.5) is 0 Å². The number of thiocarbonyl (C=S) groups is 1. The molecule has 0 heterocycles. The first-order valence-corrected chi connectivity index (χ1v) is 4.80. The minimum atomic E-state index is -0.279. The maximum atomic E-state index is 10.9. The Balaban J connectivity index is 3.80. The second-order valence-electron chi connectivity index (χ2n) is 3.06. The van der Waals surface area contributed by atoms with Gasteiger partial charge in [0, 0.05) is 4.86 Å². The third-order valence-electron chi connectivity index (χ3n) is 1.93. The second-order valence-corrected chi connectivity index (χ2v) is 3.71. The molecule has 12 heavy (non-hydrogen) atoms. The van der Waals surface area contributed by atoms with Crippen LogP contribution in [0.15, 0.2) is 0 Å². The fourth-order valence-corrected chi connectivity index (χ4v) is 1.38. The number of hydrogen-bond acceptors (Lipinski definition) is 2. The minimum absolute atomic E-state index is 0.188. The van der Waals surface area contributed by atoms with Crippen molar-refractivity contribution in [1.29, 1.82) is 0 Å². The molecule has 0 spiro atoms. The van der Waals surface area contributed by atoms with Gasteiger partial charge < -0.3 is 5.73 Å². The topological polar surface area (TPSA) is 43.1 Å². The van der Waals surface area contributed by atoms with Crippen LogP contribution in [-0.2, 0) is 4.79 Å². The van der Waals surface area contributed by atoms with Crippen LogP contribution >= 0.6 is 12.2 Å². The van der Waals surface area contributed by atoms with Gasteiger partial charge in [-0.25, -0.2) is 0 Å². The maximum absolute atomic E-state index is 10.9. The van der Waals surface area contributed by atoms with E-state index in [9.17, 15) is 4.79 Å². The molecule has 0 aliphatic carbocycles. The third-order valence-corrected chi connectivity index (χ3v) is 2.22. The third kappa shape index (κ3) is 4.44. The van der Waals surface area contributed by atoms with Crippen LogP contribution in [0.2, 0.25) is 0 Å². The standard InChI is InChI=1S/C9H17NOS/c1-3-4-5-6-8(7(2)12)9(10)11/h8H,3-6H2,1-2H3,(H2,10,11). The van der Waals surface area contributed by atoms with E-state index in [1.54, 1.807) is 6.92 Å². The van der Waals surface area contributed by atoms with E-state index in [1.807, 2.05) is 0 Å². The first-order valence-electron chi connectivity index (χ1n) is 4.39. The highest BCUT2D eigenvalue weighted by atomic mass is 32.1. The van der Waals surface area contributed by atoms with Crippen LogP contribution in [0, 0.1) is 5.92 Å². The van der Waals surface area contributed by atoms with E-state index in [0.717, 1.165) is 30.5 Å². The number of hydrogen-bond donors (Lipinski definition) is 1. The van der Waals surface area contributed by atoms with Gasteiger partial charge in [-0.05, 0) is 13.3 Å². The molecular formula is C9H17NOS. The molecule has 70 valence electrons. The predicted octanol–water partition coefficient (Wildman–Crippen LogP) is 2.06. The molecule has 0 aromatic rings. The Kier molecular flexibility index (Phi) is 5.89. The van der Waals surface area contributed by atoms with Crippen LogP contribution in [0.1, 0.15) is 39.5 Å². The number of amides is 1. The van der Waals surface area contributed by atoms with Gasteiger partial charge in [0.15, 0.2) is 0 Å². The summed E-state index contributed by atoms with van der Waals surface area (Å²) in [6.45, 7) is 3.92. The number of unbranched alkanes of at least 4 members (excludes halogenated alkanes) is 2. The summed E-state index contributed by atoms with van der Waals surface area (Å²) >= 11 is 4.94. The molecule has 2 N–H and O–H groups in total. The molecule has 1 unspecified atom stereocenters. The van der Waals surface area contributed by atoms with Crippen molar-refractivity contribution in [3.05, 3.63) is 0 Å². The average Bonchev–Trinajstić information content (AvgIpc) is 1.96. The van der Waals surface area contributed by atoms with Crippen molar-refractivity contribution < 1.29 is 4.79 Å².